The van der Waals surface area contributed by atoms with E-state index in [-0.39, 0.29) is 5.25 Å². The van der Waals surface area contributed by atoms with Crippen LogP contribution in [0.5, 0.6) is 0 Å². The van der Waals surface area contributed by atoms with E-state index in [1.165, 1.54) is 12.4 Å². The van der Waals surface area contributed by atoms with Gasteiger partial charge in [-0.25, -0.2) is 8.42 Å². The van der Waals surface area contributed by atoms with Crippen LogP contribution in [0.2, 0.25) is 0 Å². The first kappa shape index (κ1) is 10.4. The largest absolute Gasteiger partial charge is 0.315 e. The first-order valence-electron chi connectivity index (χ1n) is 4.89. The second kappa shape index (κ2) is 4.19. The van der Waals surface area contributed by atoms with Crippen molar-refractivity contribution < 1.29 is 8.42 Å². The number of anilines is 1. The lowest BCUT2D eigenvalue weighted by molar-refractivity contribution is 0.499. The molecule has 0 spiro atoms. The molecule has 3 N–H and O–H groups in total. The fraction of sp³-hybridized carbons (Fsp3) is 0.625. The van der Waals surface area contributed by atoms with E-state index < -0.39 is 10.0 Å². The van der Waals surface area contributed by atoms with Gasteiger partial charge < -0.3 is 5.32 Å². The molecule has 1 fully saturated rings. The van der Waals surface area contributed by atoms with Crippen LogP contribution in [-0.4, -0.2) is 37.0 Å². The number of H-pyrrole nitrogens is 1. The molecular formula is C8H14N4O2S. The molecule has 1 aromatic rings. The van der Waals surface area contributed by atoms with Crippen molar-refractivity contribution in [3.8, 4) is 0 Å². The highest BCUT2D eigenvalue weighted by atomic mass is 32.2. The summed E-state index contributed by atoms with van der Waals surface area (Å²) in [5.41, 5.74) is 0.487. The smallest absolute Gasteiger partial charge is 0.236 e. The normalized spacial score (nSPS) is 22.5. The zero-order chi connectivity index (χ0) is 10.7. The Balaban J connectivity index is 2.05. The van der Waals surface area contributed by atoms with Crippen molar-refractivity contribution in [1.29, 1.82) is 0 Å². The minimum Gasteiger partial charge on any atom is -0.315 e. The number of piperidine rings is 1. The van der Waals surface area contributed by atoms with Gasteiger partial charge in [0.2, 0.25) is 10.0 Å². The van der Waals surface area contributed by atoms with Gasteiger partial charge in [0.1, 0.15) is 0 Å². The van der Waals surface area contributed by atoms with Crippen molar-refractivity contribution >= 4 is 15.7 Å². The minimum atomic E-state index is -3.28. The maximum absolute atomic E-state index is 11.9. The zero-order valence-corrected chi connectivity index (χ0v) is 9.05. The van der Waals surface area contributed by atoms with Gasteiger partial charge in [-0.15, -0.1) is 0 Å². The first-order valence-corrected chi connectivity index (χ1v) is 6.44. The minimum absolute atomic E-state index is 0.346. The molecule has 15 heavy (non-hydrogen) atoms. The predicted molar refractivity (Wildman–Crippen MR) is 57.0 cm³/mol. The van der Waals surface area contributed by atoms with E-state index >= 15 is 0 Å². The molecule has 0 aromatic carbocycles. The Hall–Kier alpha value is -1.08. The van der Waals surface area contributed by atoms with Gasteiger partial charge >= 0.3 is 0 Å². The van der Waals surface area contributed by atoms with Gasteiger partial charge in [-0.1, -0.05) is 0 Å². The first-order chi connectivity index (χ1) is 7.18. The summed E-state index contributed by atoms with van der Waals surface area (Å²) in [6, 6.07) is 0. The SMILES string of the molecule is O=S(=O)(Nc1cn[nH]c1)C1CCCNC1. The molecule has 0 amide bonds. The van der Waals surface area contributed by atoms with Crippen LogP contribution in [-0.2, 0) is 10.0 Å². The lowest BCUT2D eigenvalue weighted by Gasteiger charge is -2.22. The molecule has 2 rings (SSSR count). The van der Waals surface area contributed by atoms with E-state index in [9.17, 15) is 8.42 Å². The maximum atomic E-state index is 11.9. The van der Waals surface area contributed by atoms with Gasteiger partial charge in [-0.05, 0) is 19.4 Å². The molecule has 0 saturated carbocycles. The summed E-state index contributed by atoms with van der Waals surface area (Å²) in [6.07, 6.45) is 4.58. The summed E-state index contributed by atoms with van der Waals surface area (Å²) >= 11 is 0. The predicted octanol–water partition coefficient (Wildman–Crippen LogP) is -0.0966. The van der Waals surface area contributed by atoms with Crippen LogP contribution in [0, 0.1) is 0 Å². The highest BCUT2D eigenvalue weighted by Crippen LogP contribution is 2.15. The van der Waals surface area contributed by atoms with E-state index in [0.29, 0.717) is 18.7 Å². The van der Waals surface area contributed by atoms with Crippen LogP contribution < -0.4 is 10.0 Å². The molecule has 1 aromatic heterocycles. The van der Waals surface area contributed by atoms with E-state index in [2.05, 4.69) is 20.2 Å². The van der Waals surface area contributed by atoms with E-state index in [0.717, 1.165) is 13.0 Å². The Morgan fingerprint density at radius 3 is 3.00 bits per heavy atom. The van der Waals surface area contributed by atoms with Crippen molar-refractivity contribution in [2.24, 2.45) is 0 Å². The monoisotopic (exact) mass is 230 g/mol. The zero-order valence-electron chi connectivity index (χ0n) is 8.23. The molecular weight excluding hydrogens is 216 g/mol. The van der Waals surface area contributed by atoms with E-state index in [1.807, 2.05) is 0 Å². The topological polar surface area (TPSA) is 86.9 Å². The second-order valence-corrected chi connectivity index (χ2v) is 5.56. The molecule has 0 radical (unpaired) electrons. The van der Waals surface area contributed by atoms with Crippen molar-refractivity contribution in [3.05, 3.63) is 12.4 Å². The number of sulfonamides is 1. The third kappa shape index (κ3) is 2.48. The van der Waals surface area contributed by atoms with Gasteiger partial charge in [0, 0.05) is 12.7 Å². The number of aromatic amines is 1. The molecule has 1 atom stereocenters. The van der Waals surface area contributed by atoms with Gasteiger partial charge in [-0.3, -0.25) is 9.82 Å². The number of rotatable bonds is 3. The average molecular weight is 230 g/mol. The van der Waals surface area contributed by atoms with Crippen LogP contribution >= 0.6 is 0 Å². The third-order valence-corrected chi connectivity index (χ3v) is 4.25. The Labute approximate surface area is 88.5 Å². The lowest BCUT2D eigenvalue weighted by atomic mass is 10.2. The summed E-state index contributed by atoms with van der Waals surface area (Å²) < 4.78 is 26.2. The number of nitrogens with zero attached hydrogens (tertiary/aromatic N) is 1. The van der Waals surface area contributed by atoms with Gasteiger partial charge in [0.15, 0.2) is 0 Å². The van der Waals surface area contributed by atoms with E-state index in [4.69, 9.17) is 0 Å². The van der Waals surface area contributed by atoms with Crippen molar-refractivity contribution in [2.75, 3.05) is 17.8 Å². The van der Waals surface area contributed by atoms with Crippen molar-refractivity contribution in [1.82, 2.24) is 15.5 Å². The molecule has 1 aliphatic rings. The van der Waals surface area contributed by atoms with Crippen LogP contribution in [0.15, 0.2) is 12.4 Å². The van der Waals surface area contributed by atoms with Gasteiger partial charge in [0.25, 0.3) is 0 Å². The second-order valence-electron chi connectivity index (χ2n) is 3.60. The van der Waals surface area contributed by atoms with Crippen LogP contribution in [0.1, 0.15) is 12.8 Å². The van der Waals surface area contributed by atoms with Crippen LogP contribution in [0.25, 0.3) is 0 Å². The average Bonchev–Trinajstić information content (AvgIpc) is 2.71. The van der Waals surface area contributed by atoms with Crippen molar-refractivity contribution in [2.45, 2.75) is 18.1 Å². The van der Waals surface area contributed by atoms with E-state index in [1.54, 1.807) is 0 Å². The molecule has 2 heterocycles. The quantitative estimate of drug-likeness (QED) is 0.677. The highest BCUT2D eigenvalue weighted by Gasteiger charge is 2.27. The summed E-state index contributed by atoms with van der Waals surface area (Å²) in [4.78, 5) is 0. The summed E-state index contributed by atoms with van der Waals surface area (Å²) in [5, 5.41) is 8.98. The number of hydrogen-bond acceptors (Lipinski definition) is 4. The third-order valence-electron chi connectivity index (χ3n) is 2.45. The Kier molecular flexibility index (Phi) is 2.92. The fourth-order valence-electron chi connectivity index (χ4n) is 1.64. The molecule has 7 heteroatoms. The Morgan fingerprint density at radius 1 is 1.53 bits per heavy atom. The Bertz CT molecular complexity index is 394. The number of aromatic nitrogens is 2. The van der Waals surface area contributed by atoms with Crippen molar-refractivity contribution in [3.63, 3.8) is 0 Å². The highest BCUT2D eigenvalue weighted by molar-refractivity contribution is 7.93. The molecule has 1 aliphatic heterocycles. The standard InChI is InChI=1S/C8H14N4O2S/c13-15(14,8-2-1-3-9-6-8)12-7-4-10-11-5-7/h4-5,8-9,12H,1-3,6H2,(H,10,11). The molecule has 0 aliphatic carbocycles. The maximum Gasteiger partial charge on any atom is 0.236 e. The fourth-order valence-corrected chi connectivity index (χ4v) is 3.06. The lowest BCUT2D eigenvalue weighted by Crippen LogP contribution is -2.41. The van der Waals surface area contributed by atoms with Gasteiger partial charge in [-0.2, -0.15) is 5.10 Å². The summed E-state index contributed by atoms with van der Waals surface area (Å²) in [7, 11) is -3.28. The molecule has 6 nitrogen and oxygen atoms in total. The molecule has 1 unspecified atom stereocenters. The summed E-state index contributed by atoms with van der Waals surface area (Å²) in [5.74, 6) is 0. The van der Waals surface area contributed by atoms with Crippen LogP contribution in [0.4, 0.5) is 5.69 Å². The molecule has 1 saturated heterocycles. The van der Waals surface area contributed by atoms with Gasteiger partial charge in [0.05, 0.1) is 17.1 Å². The molecule has 0 bridgehead atoms. The summed E-state index contributed by atoms with van der Waals surface area (Å²) in [6.45, 7) is 1.42. The Morgan fingerprint density at radius 2 is 2.40 bits per heavy atom. The number of nitrogens with one attached hydrogen (secondary N) is 3. The van der Waals surface area contributed by atoms with Crippen LogP contribution in [0.3, 0.4) is 0 Å². The molecule has 84 valence electrons. The number of hydrogen-bond donors (Lipinski definition) is 3.